The summed E-state index contributed by atoms with van der Waals surface area (Å²) in [5, 5.41) is 18.6. The maximum atomic E-state index is 13.0. The molecule has 0 radical (unpaired) electrons. The van der Waals surface area contributed by atoms with E-state index in [0.717, 1.165) is 19.3 Å². The summed E-state index contributed by atoms with van der Waals surface area (Å²) in [7, 11) is -3.09. The molecule has 0 aliphatic rings. The summed E-state index contributed by atoms with van der Waals surface area (Å²) in [6.45, 7) is 7.38. The van der Waals surface area contributed by atoms with Crippen molar-refractivity contribution in [3.8, 4) is 0 Å². The number of hydrogen-bond acceptors (Lipinski definition) is 6. The highest BCUT2D eigenvalue weighted by atomic mass is 32.2. The molecule has 2 aromatic heterocycles. The van der Waals surface area contributed by atoms with Crippen molar-refractivity contribution in [2.75, 3.05) is 6.61 Å². The molecule has 0 aliphatic carbocycles. The van der Waals surface area contributed by atoms with Crippen LogP contribution in [0, 0.1) is 10.8 Å². The molecule has 2 unspecified atom stereocenters. The number of rotatable bonds is 14. The van der Waals surface area contributed by atoms with E-state index in [-0.39, 0.29) is 27.8 Å². The van der Waals surface area contributed by atoms with Gasteiger partial charge in [-0.3, -0.25) is 14.4 Å². The summed E-state index contributed by atoms with van der Waals surface area (Å²) in [5.74, 6) is -0.866. The fourth-order valence-corrected chi connectivity index (χ4v) is 6.41. The van der Waals surface area contributed by atoms with E-state index < -0.39 is 32.9 Å². The summed E-state index contributed by atoms with van der Waals surface area (Å²) < 4.78 is 26.0. The number of carboxylic acid groups (broad SMARTS) is 1. The minimum Gasteiger partial charge on any atom is -0.590 e. The topological polar surface area (TPSA) is 138 Å². The molecule has 7 nitrogen and oxygen atoms in total. The van der Waals surface area contributed by atoms with Gasteiger partial charge in [0.2, 0.25) is 0 Å². The van der Waals surface area contributed by atoms with Gasteiger partial charge < -0.3 is 19.3 Å². The number of aliphatic carboxylic acids is 1. The predicted octanol–water partition coefficient (Wildman–Crippen LogP) is 5.59. The summed E-state index contributed by atoms with van der Waals surface area (Å²) in [4.78, 5) is 37.3. The highest BCUT2D eigenvalue weighted by Gasteiger charge is 2.26. The fraction of sp³-hybridized carbons (Fsp3) is 0.536. The van der Waals surface area contributed by atoms with Crippen molar-refractivity contribution in [1.82, 2.24) is 0 Å². The van der Waals surface area contributed by atoms with E-state index in [1.807, 2.05) is 13.8 Å². The minimum absolute atomic E-state index is 0.0946. The summed E-state index contributed by atoms with van der Waals surface area (Å²) in [6.07, 6.45) is 7.99. The Kier molecular flexibility index (Phi) is 11.4. The van der Waals surface area contributed by atoms with Crippen molar-refractivity contribution < 1.29 is 24.1 Å². The maximum Gasteiger partial charge on any atom is 0.309 e. The largest absolute Gasteiger partial charge is 0.590 e. The van der Waals surface area contributed by atoms with Crippen molar-refractivity contribution in [1.29, 1.82) is 0 Å². The van der Waals surface area contributed by atoms with Gasteiger partial charge in [0.1, 0.15) is 0 Å². The fourth-order valence-electron chi connectivity index (χ4n) is 3.87. The van der Waals surface area contributed by atoms with Crippen molar-refractivity contribution in [3.63, 3.8) is 0 Å². The van der Waals surface area contributed by atoms with Gasteiger partial charge >= 0.3 is 5.97 Å². The Hall–Kier alpha value is -2.17. The molecule has 2 aromatic rings. The van der Waals surface area contributed by atoms with E-state index in [4.69, 9.17) is 0 Å². The molecule has 0 aromatic carbocycles. The Morgan fingerprint density at radius 3 is 1.65 bits per heavy atom. The number of carbonyl (C=O) groups is 1. The van der Waals surface area contributed by atoms with Crippen molar-refractivity contribution in [2.24, 2.45) is 10.8 Å². The second-order valence-corrected chi connectivity index (χ2v) is 14.0. The molecular weight excluding hydrogens is 512 g/mol. The number of carboxylic acids is 1. The Bertz CT molecular complexity index is 1220. The van der Waals surface area contributed by atoms with Crippen molar-refractivity contribution in [3.05, 3.63) is 64.2 Å². The summed E-state index contributed by atoms with van der Waals surface area (Å²) >= 11 is 0. The van der Waals surface area contributed by atoms with Crippen LogP contribution in [0.3, 0.4) is 0 Å². The average molecular weight is 551 g/mol. The van der Waals surface area contributed by atoms with Crippen LogP contribution in [0.4, 0.5) is 0 Å². The molecule has 0 amide bonds. The molecule has 0 bridgehead atoms. The van der Waals surface area contributed by atoms with E-state index >= 15 is 0 Å². The molecule has 2 atom stereocenters. The van der Waals surface area contributed by atoms with E-state index in [1.54, 1.807) is 13.8 Å². The van der Waals surface area contributed by atoms with Crippen LogP contribution >= 0.6 is 21.5 Å². The van der Waals surface area contributed by atoms with Gasteiger partial charge in [-0.05, 0) is 66.4 Å². The Balaban J connectivity index is 2.14. The smallest absolute Gasteiger partial charge is 0.309 e. The first-order valence-corrected chi connectivity index (χ1v) is 14.8. The lowest BCUT2D eigenvalue weighted by atomic mass is 9.87. The Labute approximate surface area is 224 Å². The summed E-state index contributed by atoms with van der Waals surface area (Å²) in [5.41, 5.74) is -1.56. The standard InChI is InChI=1S/C28H38O7S2/c1-27(2,19-29)13-7-5-9-22-15-20(30)17-24(36(22)34)11-12-25-18-21(31)16-23(37(25)35)10-6-8-14-28(3,4)26(32)33/h11-12,15-18,29H,5-10,13-14,19H2,1-4H3,(H,32,33)/b12-11+. The monoisotopic (exact) mass is 550 g/mol. The van der Waals surface area contributed by atoms with Gasteiger partial charge in [0.25, 0.3) is 0 Å². The van der Waals surface area contributed by atoms with Gasteiger partial charge in [0.15, 0.2) is 30.4 Å². The molecule has 0 spiro atoms. The third-order valence-electron chi connectivity index (χ3n) is 6.50. The van der Waals surface area contributed by atoms with Crippen LogP contribution < -0.4 is 10.9 Å². The lowest BCUT2D eigenvalue weighted by Gasteiger charge is -2.20. The van der Waals surface area contributed by atoms with Gasteiger partial charge in [-0.25, -0.2) is 0 Å². The molecule has 37 heavy (non-hydrogen) atoms. The van der Waals surface area contributed by atoms with Crippen LogP contribution in [-0.4, -0.2) is 31.9 Å². The first-order chi connectivity index (χ1) is 17.3. The lowest BCUT2D eigenvalue weighted by molar-refractivity contribution is -0.147. The second kappa shape index (κ2) is 13.6. The first kappa shape index (κ1) is 31.1. The number of aryl methyl sites for hydroxylation is 2. The molecule has 2 rings (SSSR count). The predicted molar refractivity (Wildman–Crippen MR) is 149 cm³/mol. The Morgan fingerprint density at radius 2 is 1.24 bits per heavy atom. The van der Waals surface area contributed by atoms with Crippen LogP contribution in [0.1, 0.15) is 85.7 Å². The van der Waals surface area contributed by atoms with Crippen LogP contribution in [0.2, 0.25) is 0 Å². The highest BCUT2D eigenvalue weighted by Crippen LogP contribution is 2.31. The number of hydrogen-bond donors (Lipinski definition) is 2. The number of unbranched alkanes of at least 4 members (excludes halogenated alkanes) is 2. The van der Waals surface area contributed by atoms with Crippen molar-refractivity contribution >= 4 is 39.6 Å². The normalized spacial score (nSPS) is 13.4. The van der Waals surface area contributed by atoms with E-state index in [1.165, 1.54) is 36.4 Å². The van der Waals surface area contributed by atoms with Gasteiger partial charge in [0, 0.05) is 55.9 Å². The average Bonchev–Trinajstić information content (AvgIpc) is 2.82. The third-order valence-corrected chi connectivity index (χ3v) is 9.46. The molecule has 0 saturated heterocycles. The Morgan fingerprint density at radius 1 is 0.811 bits per heavy atom. The molecule has 0 fully saturated rings. The van der Waals surface area contributed by atoms with Crippen molar-refractivity contribution in [2.45, 2.75) is 79.1 Å². The molecule has 9 heteroatoms. The second-order valence-electron chi connectivity index (χ2n) is 10.9. The van der Waals surface area contributed by atoms with E-state index in [9.17, 15) is 33.7 Å². The molecule has 0 saturated carbocycles. The van der Waals surface area contributed by atoms with Gasteiger partial charge in [-0.2, -0.15) is 0 Å². The van der Waals surface area contributed by atoms with Crippen LogP contribution in [0.15, 0.2) is 33.9 Å². The zero-order valence-electron chi connectivity index (χ0n) is 22.1. The molecular formula is C28H38O7S2. The van der Waals surface area contributed by atoms with Gasteiger partial charge in [-0.15, -0.1) is 0 Å². The minimum atomic E-state index is -1.57. The van der Waals surface area contributed by atoms with Crippen LogP contribution in [0.25, 0.3) is 12.2 Å². The molecule has 2 heterocycles. The van der Waals surface area contributed by atoms with E-state index in [0.29, 0.717) is 46.7 Å². The van der Waals surface area contributed by atoms with Crippen LogP contribution in [-0.2, 0) is 17.6 Å². The number of aliphatic hydroxyl groups is 1. The third kappa shape index (κ3) is 9.57. The zero-order valence-corrected chi connectivity index (χ0v) is 23.7. The molecule has 0 aliphatic heterocycles. The zero-order chi connectivity index (χ0) is 27.8. The molecule has 204 valence electrons. The highest BCUT2D eigenvalue weighted by molar-refractivity contribution is 7.26. The van der Waals surface area contributed by atoms with Crippen LogP contribution in [0.5, 0.6) is 0 Å². The molecule has 2 N–H and O–H groups in total. The lowest BCUT2D eigenvalue weighted by Crippen LogP contribution is -2.23. The van der Waals surface area contributed by atoms with Gasteiger partial charge in [-0.1, -0.05) is 26.7 Å². The summed E-state index contributed by atoms with van der Waals surface area (Å²) in [6, 6.07) is 5.33. The van der Waals surface area contributed by atoms with Gasteiger partial charge in [0.05, 0.1) is 5.41 Å². The van der Waals surface area contributed by atoms with E-state index in [2.05, 4.69) is 0 Å². The first-order valence-electron chi connectivity index (χ1n) is 12.5. The maximum absolute atomic E-state index is 13.0. The number of aliphatic hydroxyl groups excluding tert-OH is 1. The quantitative estimate of drug-likeness (QED) is 0.231. The SMILES string of the molecule is CC(C)(CO)CCCCc1cc(=O)cc(/C=C/c2cc(=O)cc(CCCCC(C)(C)C(=O)O)[s+]2[O-])[s+]1[O-].